The second-order valence-corrected chi connectivity index (χ2v) is 6.70. The van der Waals surface area contributed by atoms with Gasteiger partial charge in [-0.25, -0.2) is 0 Å². The first-order valence-electron chi connectivity index (χ1n) is 8.72. The van der Waals surface area contributed by atoms with E-state index in [0.29, 0.717) is 6.04 Å². The molecule has 24 heavy (non-hydrogen) atoms. The number of likely N-dealkylation sites (tertiary alicyclic amines) is 1. The summed E-state index contributed by atoms with van der Waals surface area (Å²) in [6.07, 6.45) is 4.06. The predicted octanol–water partition coefficient (Wildman–Crippen LogP) is 3.70. The lowest BCUT2D eigenvalue weighted by Crippen LogP contribution is -2.33. The van der Waals surface area contributed by atoms with Gasteiger partial charge in [0.2, 0.25) is 5.91 Å². The van der Waals surface area contributed by atoms with Crippen LogP contribution in [0.2, 0.25) is 0 Å². The number of aromatic nitrogens is 2. The third kappa shape index (κ3) is 3.48. The zero-order valence-electron chi connectivity index (χ0n) is 14.7. The van der Waals surface area contributed by atoms with Crippen molar-refractivity contribution in [2.24, 2.45) is 0 Å². The molecule has 0 spiro atoms. The lowest BCUT2D eigenvalue weighted by molar-refractivity contribution is -0.129. The summed E-state index contributed by atoms with van der Waals surface area (Å²) >= 11 is 0. The largest absolute Gasteiger partial charge is 0.340 e. The Labute approximate surface area is 143 Å². The van der Waals surface area contributed by atoms with Crippen molar-refractivity contribution in [1.82, 2.24) is 15.1 Å². The number of rotatable bonds is 4. The minimum absolute atomic E-state index is 0.189. The molecule has 1 aromatic carbocycles. The number of hydrogen-bond donors (Lipinski definition) is 0. The van der Waals surface area contributed by atoms with Crippen molar-refractivity contribution in [2.45, 2.75) is 52.5 Å². The fourth-order valence-electron chi connectivity index (χ4n) is 3.53. The maximum Gasteiger partial charge on any atom is 0.219 e. The highest BCUT2D eigenvalue weighted by Crippen LogP contribution is 2.24. The monoisotopic (exact) mass is 323 g/mol. The van der Waals surface area contributed by atoms with E-state index in [1.165, 1.54) is 11.1 Å². The summed E-state index contributed by atoms with van der Waals surface area (Å²) in [5.41, 5.74) is 5.59. The van der Waals surface area contributed by atoms with E-state index in [-0.39, 0.29) is 5.91 Å². The molecule has 0 saturated carbocycles. The highest BCUT2D eigenvalue weighted by Gasteiger charge is 2.26. The average molecular weight is 323 g/mol. The van der Waals surface area contributed by atoms with Gasteiger partial charge < -0.3 is 4.90 Å². The van der Waals surface area contributed by atoms with Gasteiger partial charge in [0.15, 0.2) is 0 Å². The number of aryl methyl sites for hydroxylation is 2. The molecule has 1 amide bonds. The van der Waals surface area contributed by atoms with Crippen LogP contribution in [-0.2, 0) is 11.2 Å². The Hall–Kier alpha value is -2.23. The summed E-state index contributed by atoms with van der Waals surface area (Å²) < 4.78 is 0. The van der Waals surface area contributed by atoms with Crippen LogP contribution in [0.25, 0.3) is 11.3 Å². The molecule has 1 atom stereocenters. The highest BCUT2D eigenvalue weighted by atomic mass is 16.2. The van der Waals surface area contributed by atoms with Gasteiger partial charge in [0.1, 0.15) is 0 Å². The van der Waals surface area contributed by atoms with Crippen LogP contribution in [0.1, 0.15) is 43.0 Å². The molecule has 1 fully saturated rings. The minimum Gasteiger partial charge on any atom is -0.340 e. The smallest absolute Gasteiger partial charge is 0.219 e. The molecule has 2 heterocycles. The van der Waals surface area contributed by atoms with Crippen LogP contribution in [-0.4, -0.2) is 33.6 Å². The molecule has 4 heteroatoms. The van der Waals surface area contributed by atoms with Crippen LogP contribution >= 0.6 is 0 Å². The molecule has 1 aliphatic heterocycles. The fourth-order valence-corrected chi connectivity index (χ4v) is 3.53. The second-order valence-electron chi connectivity index (χ2n) is 6.70. The van der Waals surface area contributed by atoms with Crippen LogP contribution in [0.5, 0.6) is 0 Å². The Kier molecular flexibility index (Phi) is 4.93. The van der Waals surface area contributed by atoms with Gasteiger partial charge in [-0.3, -0.25) is 4.79 Å². The van der Waals surface area contributed by atoms with Crippen molar-refractivity contribution in [3.05, 3.63) is 47.2 Å². The molecule has 0 unspecified atom stereocenters. The third-order valence-electron chi connectivity index (χ3n) is 5.12. The normalized spacial score (nSPS) is 17.3. The molecule has 0 N–H and O–H groups in total. The summed E-state index contributed by atoms with van der Waals surface area (Å²) in [5, 5.41) is 8.82. The summed E-state index contributed by atoms with van der Waals surface area (Å²) in [4.78, 5) is 13.6. The topological polar surface area (TPSA) is 46.1 Å². The molecule has 1 aromatic heterocycles. The summed E-state index contributed by atoms with van der Waals surface area (Å²) in [7, 11) is 0. The average Bonchev–Trinajstić information content (AvgIpc) is 3.05. The van der Waals surface area contributed by atoms with E-state index in [2.05, 4.69) is 54.4 Å². The van der Waals surface area contributed by atoms with Gasteiger partial charge in [-0.1, -0.05) is 18.2 Å². The number of carbonyl (C=O) groups is 1. The SMILES string of the molecule is CC(=O)N1CCC[C@@H]1CCc1ccc(-c2cccc(C)c2C)nn1. The first-order chi connectivity index (χ1) is 11.6. The molecule has 0 aliphatic carbocycles. The van der Waals surface area contributed by atoms with Crippen molar-refractivity contribution in [2.75, 3.05) is 6.54 Å². The van der Waals surface area contributed by atoms with Crippen LogP contribution in [0.4, 0.5) is 0 Å². The van der Waals surface area contributed by atoms with E-state index in [0.717, 1.165) is 49.2 Å². The maximum atomic E-state index is 11.6. The summed E-state index contributed by atoms with van der Waals surface area (Å²) in [6.45, 7) is 6.80. The zero-order valence-corrected chi connectivity index (χ0v) is 14.7. The standard InChI is InChI=1S/C20H25N3O/c1-14-6-4-8-19(15(14)2)20-12-10-17(21-22-20)9-11-18-7-5-13-23(18)16(3)24/h4,6,8,10,12,18H,5,7,9,11,13H2,1-3H3/t18-/m1/s1. The summed E-state index contributed by atoms with van der Waals surface area (Å²) in [5.74, 6) is 0.189. The molecule has 126 valence electrons. The molecule has 1 aliphatic rings. The van der Waals surface area contributed by atoms with Crippen LogP contribution < -0.4 is 0 Å². The molecule has 4 nitrogen and oxygen atoms in total. The van der Waals surface area contributed by atoms with Crippen molar-refractivity contribution in [1.29, 1.82) is 0 Å². The summed E-state index contributed by atoms with van der Waals surface area (Å²) in [6, 6.07) is 10.8. The highest BCUT2D eigenvalue weighted by molar-refractivity contribution is 5.73. The number of amides is 1. The van der Waals surface area contributed by atoms with Crippen LogP contribution in [0.3, 0.4) is 0 Å². The van der Waals surface area contributed by atoms with Gasteiger partial charge in [0.25, 0.3) is 0 Å². The minimum atomic E-state index is 0.189. The van der Waals surface area contributed by atoms with Crippen molar-refractivity contribution in [3.63, 3.8) is 0 Å². The number of nitrogens with zero attached hydrogens (tertiary/aromatic N) is 3. The maximum absolute atomic E-state index is 11.6. The molecular formula is C20H25N3O. The number of benzene rings is 1. The molecule has 1 saturated heterocycles. The molecule has 0 radical (unpaired) electrons. The third-order valence-corrected chi connectivity index (χ3v) is 5.12. The van der Waals surface area contributed by atoms with E-state index < -0.39 is 0 Å². The Morgan fingerprint density at radius 3 is 2.75 bits per heavy atom. The van der Waals surface area contributed by atoms with Crippen LogP contribution in [0, 0.1) is 13.8 Å². The Bertz CT molecular complexity index is 724. The van der Waals surface area contributed by atoms with Gasteiger partial charge in [-0.05, 0) is 62.8 Å². The van der Waals surface area contributed by atoms with Crippen molar-refractivity contribution in [3.8, 4) is 11.3 Å². The van der Waals surface area contributed by atoms with E-state index in [9.17, 15) is 4.79 Å². The van der Waals surface area contributed by atoms with Crippen molar-refractivity contribution < 1.29 is 4.79 Å². The number of hydrogen-bond acceptors (Lipinski definition) is 3. The lowest BCUT2D eigenvalue weighted by Gasteiger charge is -2.22. The van der Waals surface area contributed by atoms with E-state index in [1.807, 2.05) is 4.90 Å². The van der Waals surface area contributed by atoms with Gasteiger partial charge in [-0.15, -0.1) is 0 Å². The molecule has 0 bridgehead atoms. The van der Waals surface area contributed by atoms with Gasteiger partial charge in [0.05, 0.1) is 11.4 Å². The van der Waals surface area contributed by atoms with E-state index in [1.54, 1.807) is 6.92 Å². The Balaban J connectivity index is 1.67. The van der Waals surface area contributed by atoms with Gasteiger partial charge >= 0.3 is 0 Å². The predicted molar refractivity (Wildman–Crippen MR) is 95.7 cm³/mol. The Morgan fingerprint density at radius 1 is 1.21 bits per heavy atom. The van der Waals surface area contributed by atoms with E-state index in [4.69, 9.17) is 0 Å². The van der Waals surface area contributed by atoms with Crippen LogP contribution in [0.15, 0.2) is 30.3 Å². The molecule has 3 rings (SSSR count). The van der Waals surface area contributed by atoms with E-state index >= 15 is 0 Å². The second kappa shape index (κ2) is 7.12. The first-order valence-corrected chi connectivity index (χ1v) is 8.72. The zero-order chi connectivity index (χ0) is 17.1. The molecule has 2 aromatic rings. The quantitative estimate of drug-likeness (QED) is 0.862. The number of carbonyl (C=O) groups excluding carboxylic acids is 1. The first kappa shape index (κ1) is 16.6. The lowest BCUT2D eigenvalue weighted by atomic mass is 10.0. The molecular weight excluding hydrogens is 298 g/mol. The van der Waals surface area contributed by atoms with Gasteiger partial charge in [0, 0.05) is 25.1 Å². The van der Waals surface area contributed by atoms with Gasteiger partial charge in [-0.2, -0.15) is 10.2 Å². The fraction of sp³-hybridized carbons (Fsp3) is 0.450. The Morgan fingerprint density at radius 2 is 2.04 bits per heavy atom. The van der Waals surface area contributed by atoms with Crippen molar-refractivity contribution >= 4 is 5.91 Å².